The Morgan fingerprint density at radius 2 is 0.604 bits per heavy atom. The second-order valence-electron chi connectivity index (χ2n) is 14.7. The van der Waals surface area contributed by atoms with Gasteiger partial charge in [0.25, 0.3) is 0 Å². The van der Waals surface area contributed by atoms with Crippen LogP contribution >= 0.6 is 0 Å². The highest BCUT2D eigenvalue weighted by atomic mass is 14.5. The largest absolute Gasteiger partial charge is 0.0725 e. The molecule has 0 heteroatoms. The van der Waals surface area contributed by atoms with Crippen LogP contribution in [0.3, 0.4) is 0 Å². The quantitative estimate of drug-likeness (QED) is 0.161. The maximum absolute atomic E-state index is 2.42. The summed E-state index contributed by atoms with van der Waals surface area (Å²) in [5, 5.41) is 10.3. The topological polar surface area (TPSA) is 0 Å². The molecule has 0 radical (unpaired) electrons. The highest BCUT2D eigenvalue weighted by Crippen LogP contribution is 2.65. The molecule has 1 spiro atoms. The average Bonchev–Trinajstić information content (AvgIpc) is 3.71. The van der Waals surface area contributed by atoms with Gasteiger partial charge in [-0.05, 0) is 122 Å². The third-order valence-corrected chi connectivity index (χ3v) is 12.3. The molecular weight excluding hydrogens is 637 g/mol. The molecule has 244 valence electrons. The molecule has 0 aromatic heterocycles. The van der Waals surface area contributed by atoms with Crippen LogP contribution in [0.5, 0.6) is 0 Å². The lowest BCUT2D eigenvalue weighted by Gasteiger charge is -2.30. The lowest BCUT2D eigenvalue weighted by molar-refractivity contribution is 0.794. The summed E-state index contributed by atoms with van der Waals surface area (Å²) >= 11 is 0. The molecule has 0 saturated heterocycles. The fourth-order valence-electron chi connectivity index (χ4n) is 10.1. The molecule has 0 bridgehead atoms. The van der Waals surface area contributed by atoms with Gasteiger partial charge < -0.3 is 0 Å². The molecule has 0 nitrogen and oxygen atoms in total. The molecule has 0 saturated carbocycles. The molecule has 0 N–H and O–H groups in total. The highest BCUT2D eigenvalue weighted by molar-refractivity contribution is 6.11. The van der Waals surface area contributed by atoms with Crippen LogP contribution in [-0.4, -0.2) is 0 Å². The lowest BCUT2D eigenvalue weighted by Crippen LogP contribution is -2.25. The zero-order valence-corrected chi connectivity index (χ0v) is 29.0. The molecule has 12 rings (SSSR count). The summed E-state index contributed by atoms with van der Waals surface area (Å²) in [6.07, 6.45) is 0. The fourth-order valence-corrected chi connectivity index (χ4v) is 10.1. The predicted octanol–water partition coefficient (Wildman–Crippen LogP) is 14.0. The molecule has 0 amide bonds. The van der Waals surface area contributed by atoms with Crippen LogP contribution in [-0.2, 0) is 5.41 Å². The Morgan fingerprint density at radius 3 is 1.09 bits per heavy atom. The lowest BCUT2D eigenvalue weighted by atomic mass is 9.70. The third kappa shape index (κ3) is 3.80. The fraction of sp³-hybridized carbons (Fsp3) is 0.0189. The van der Waals surface area contributed by atoms with Crippen molar-refractivity contribution in [1.29, 1.82) is 0 Å². The van der Waals surface area contributed by atoms with E-state index in [0.29, 0.717) is 0 Å². The summed E-state index contributed by atoms with van der Waals surface area (Å²) in [6, 6.07) is 72.9. The van der Waals surface area contributed by atoms with Crippen LogP contribution in [0.1, 0.15) is 22.3 Å². The van der Waals surface area contributed by atoms with E-state index in [1.165, 1.54) is 110 Å². The van der Waals surface area contributed by atoms with E-state index in [2.05, 4.69) is 194 Å². The number of rotatable bonds is 2. The van der Waals surface area contributed by atoms with Gasteiger partial charge in [0.1, 0.15) is 0 Å². The van der Waals surface area contributed by atoms with Crippen molar-refractivity contribution in [2.75, 3.05) is 0 Å². The molecule has 2 aliphatic rings. The van der Waals surface area contributed by atoms with Crippen molar-refractivity contribution in [3.8, 4) is 44.5 Å². The summed E-state index contributed by atoms with van der Waals surface area (Å²) in [5.74, 6) is 0. The Kier molecular flexibility index (Phi) is 5.80. The summed E-state index contributed by atoms with van der Waals surface area (Å²) < 4.78 is 0. The molecular formula is C53H32. The molecule has 0 unspecified atom stereocenters. The van der Waals surface area contributed by atoms with Crippen molar-refractivity contribution in [3.05, 3.63) is 216 Å². The van der Waals surface area contributed by atoms with E-state index >= 15 is 0 Å². The second kappa shape index (κ2) is 10.6. The maximum Gasteiger partial charge on any atom is 0.0725 e. The molecule has 0 fully saturated rings. The summed E-state index contributed by atoms with van der Waals surface area (Å²) in [6.45, 7) is 0. The van der Waals surface area contributed by atoms with Gasteiger partial charge in [0, 0.05) is 0 Å². The normalized spacial score (nSPS) is 13.4. The second-order valence-corrected chi connectivity index (χ2v) is 14.7. The van der Waals surface area contributed by atoms with Crippen molar-refractivity contribution in [2.45, 2.75) is 5.41 Å². The van der Waals surface area contributed by atoms with Gasteiger partial charge >= 0.3 is 0 Å². The monoisotopic (exact) mass is 668 g/mol. The van der Waals surface area contributed by atoms with Gasteiger partial charge in [-0.15, -0.1) is 0 Å². The molecule has 0 atom stereocenters. The zero-order valence-electron chi connectivity index (χ0n) is 29.0. The smallest absolute Gasteiger partial charge is 0.0619 e. The predicted molar refractivity (Wildman–Crippen MR) is 224 cm³/mol. The van der Waals surface area contributed by atoms with E-state index < -0.39 is 5.41 Å². The van der Waals surface area contributed by atoms with Gasteiger partial charge in [0.2, 0.25) is 0 Å². The first-order valence-corrected chi connectivity index (χ1v) is 18.6. The van der Waals surface area contributed by atoms with Crippen molar-refractivity contribution in [1.82, 2.24) is 0 Å². The summed E-state index contributed by atoms with van der Waals surface area (Å²) in [7, 11) is 0. The van der Waals surface area contributed by atoms with Crippen molar-refractivity contribution < 1.29 is 0 Å². The van der Waals surface area contributed by atoms with E-state index in [9.17, 15) is 0 Å². The third-order valence-electron chi connectivity index (χ3n) is 12.3. The molecule has 10 aromatic carbocycles. The van der Waals surface area contributed by atoms with Crippen molar-refractivity contribution in [2.24, 2.45) is 0 Å². The highest BCUT2D eigenvalue weighted by Gasteiger charge is 2.52. The molecule has 0 aliphatic heterocycles. The van der Waals surface area contributed by atoms with E-state index in [-0.39, 0.29) is 0 Å². The van der Waals surface area contributed by atoms with Crippen LogP contribution in [0, 0.1) is 0 Å². The number of fused-ring (bicyclic) bond motifs is 16. The van der Waals surface area contributed by atoms with E-state index in [1.54, 1.807) is 0 Å². The van der Waals surface area contributed by atoms with Crippen LogP contribution in [0.15, 0.2) is 194 Å². The Balaban J connectivity index is 1.14. The number of benzene rings is 10. The van der Waals surface area contributed by atoms with Gasteiger partial charge in [0.05, 0.1) is 5.41 Å². The molecule has 53 heavy (non-hydrogen) atoms. The first-order valence-electron chi connectivity index (χ1n) is 18.6. The molecule has 10 aromatic rings. The van der Waals surface area contributed by atoms with E-state index in [1.807, 2.05) is 0 Å². The Bertz CT molecular complexity index is 2960. The maximum atomic E-state index is 2.42. The number of hydrogen-bond donors (Lipinski definition) is 0. The Labute approximate surface area is 308 Å². The Morgan fingerprint density at radius 1 is 0.245 bits per heavy atom. The molecule has 2 aliphatic carbocycles. The minimum atomic E-state index is -0.434. The summed E-state index contributed by atoms with van der Waals surface area (Å²) in [4.78, 5) is 0. The Hall–Kier alpha value is -6.76. The van der Waals surface area contributed by atoms with Gasteiger partial charge in [0.15, 0.2) is 0 Å². The van der Waals surface area contributed by atoms with E-state index in [4.69, 9.17) is 0 Å². The van der Waals surface area contributed by atoms with Gasteiger partial charge in [-0.25, -0.2) is 0 Å². The van der Waals surface area contributed by atoms with Crippen molar-refractivity contribution in [3.63, 3.8) is 0 Å². The van der Waals surface area contributed by atoms with Gasteiger partial charge in [-0.2, -0.15) is 0 Å². The van der Waals surface area contributed by atoms with Crippen LogP contribution < -0.4 is 0 Å². The zero-order chi connectivity index (χ0) is 34.7. The minimum absolute atomic E-state index is 0.434. The molecule has 0 heterocycles. The van der Waals surface area contributed by atoms with Crippen molar-refractivity contribution >= 4 is 43.1 Å². The van der Waals surface area contributed by atoms with Crippen LogP contribution in [0.2, 0.25) is 0 Å². The average molecular weight is 669 g/mol. The first kappa shape index (κ1) is 28.9. The minimum Gasteiger partial charge on any atom is -0.0619 e. The van der Waals surface area contributed by atoms with Gasteiger partial charge in [-0.3, -0.25) is 0 Å². The van der Waals surface area contributed by atoms with Crippen LogP contribution in [0.25, 0.3) is 87.6 Å². The number of hydrogen-bond acceptors (Lipinski definition) is 0. The first-order chi connectivity index (χ1) is 26.3. The van der Waals surface area contributed by atoms with Gasteiger partial charge in [-0.1, -0.05) is 182 Å². The summed E-state index contributed by atoms with van der Waals surface area (Å²) in [5.41, 5.74) is 15.4. The standard InChI is InChI=1S/C53H32/c1-3-13-39-33(11-1)23-25-35-27-29-37(31-45(35)39)41-17-9-21-49-51(41)43-15-5-7-19-47(43)53(49)48-20-8-6-16-44(48)52-42(18-10-22-50(52)53)38-30-28-36-26-24-34-12-2-4-14-40(34)46(36)32-38/h1-32H. The van der Waals surface area contributed by atoms with E-state index in [0.717, 1.165) is 0 Å². The SMILES string of the molecule is c1ccc2c(c1)-c1c(-c3ccc4ccc5ccccc5c4c3)cccc1C21c2ccccc2-c2c(-c3ccc4ccc5ccccc5c4c3)cccc21. The van der Waals surface area contributed by atoms with Crippen LogP contribution in [0.4, 0.5) is 0 Å².